The highest BCUT2D eigenvalue weighted by molar-refractivity contribution is 5.21. The lowest BCUT2D eigenvalue weighted by Gasteiger charge is -2.67. The van der Waals surface area contributed by atoms with Gasteiger partial charge >= 0.3 is 0 Å². The zero-order chi connectivity index (χ0) is 15.7. The molecule has 0 bridgehead atoms. The van der Waals surface area contributed by atoms with E-state index in [2.05, 4.69) is 39.5 Å². The number of nitrogens with zero attached hydrogens (tertiary/aromatic N) is 1. The van der Waals surface area contributed by atoms with E-state index in [0.29, 0.717) is 18.1 Å². The molecule has 2 aliphatic rings. The van der Waals surface area contributed by atoms with Gasteiger partial charge < -0.3 is 10.5 Å². The number of fused-ring (bicyclic) bond motifs is 1. The maximum atomic E-state index is 6.98. The van der Waals surface area contributed by atoms with Crippen molar-refractivity contribution in [3.8, 4) is 0 Å². The lowest BCUT2D eigenvalue weighted by atomic mass is 9.46. The number of rotatable bonds is 7. The molecule has 0 spiro atoms. The van der Waals surface area contributed by atoms with Crippen LogP contribution in [0.2, 0.25) is 0 Å². The van der Waals surface area contributed by atoms with E-state index in [-0.39, 0.29) is 11.0 Å². The monoisotopic (exact) mass is 296 g/mol. The van der Waals surface area contributed by atoms with Gasteiger partial charge in [-0.05, 0) is 39.2 Å². The average molecular weight is 296 g/mol. The van der Waals surface area contributed by atoms with E-state index >= 15 is 0 Å². The van der Waals surface area contributed by atoms with E-state index in [1.165, 1.54) is 38.6 Å². The molecule has 4 atom stereocenters. The highest BCUT2D eigenvalue weighted by Gasteiger charge is 2.66. The maximum Gasteiger partial charge on any atom is 0.0690 e. The van der Waals surface area contributed by atoms with Crippen molar-refractivity contribution in [3.05, 3.63) is 0 Å². The van der Waals surface area contributed by atoms with Gasteiger partial charge in [0.05, 0.1) is 6.10 Å². The van der Waals surface area contributed by atoms with E-state index in [0.717, 1.165) is 13.2 Å². The molecule has 0 aromatic rings. The summed E-state index contributed by atoms with van der Waals surface area (Å²) in [6, 6.07) is 0.622. The lowest BCUT2D eigenvalue weighted by molar-refractivity contribution is -0.233. The van der Waals surface area contributed by atoms with Gasteiger partial charge in [-0.2, -0.15) is 0 Å². The second kappa shape index (κ2) is 6.55. The Kier molecular flexibility index (Phi) is 5.38. The summed E-state index contributed by atoms with van der Waals surface area (Å²) in [5.41, 5.74) is 6.98. The second-order valence-corrected chi connectivity index (χ2v) is 7.88. The summed E-state index contributed by atoms with van der Waals surface area (Å²) >= 11 is 0. The molecule has 124 valence electrons. The average Bonchev–Trinajstić information content (AvgIpc) is 2.50. The molecule has 2 N–H and O–H groups in total. The van der Waals surface area contributed by atoms with Crippen LogP contribution in [0.25, 0.3) is 0 Å². The Hall–Kier alpha value is -0.120. The Labute approximate surface area is 131 Å². The summed E-state index contributed by atoms with van der Waals surface area (Å²) in [5, 5.41) is 0. The normalized spacial score (nSPS) is 36.1. The third-order valence-electron chi connectivity index (χ3n) is 6.37. The third kappa shape index (κ3) is 2.89. The summed E-state index contributed by atoms with van der Waals surface area (Å²) < 4.78 is 6.04. The molecule has 3 nitrogen and oxygen atoms in total. The van der Waals surface area contributed by atoms with Crippen molar-refractivity contribution in [2.75, 3.05) is 19.7 Å². The topological polar surface area (TPSA) is 38.5 Å². The molecule has 21 heavy (non-hydrogen) atoms. The minimum atomic E-state index is -0.0880. The zero-order valence-corrected chi connectivity index (χ0v) is 14.8. The van der Waals surface area contributed by atoms with Crippen molar-refractivity contribution in [2.45, 2.75) is 84.4 Å². The second-order valence-electron chi connectivity index (χ2n) is 7.88. The van der Waals surface area contributed by atoms with Crippen molar-refractivity contribution in [3.63, 3.8) is 0 Å². The van der Waals surface area contributed by atoms with E-state index in [1.54, 1.807) is 0 Å². The molecule has 0 aromatic heterocycles. The summed E-state index contributed by atoms with van der Waals surface area (Å²) in [6.45, 7) is 14.7. The molecule has 2 fully saturated rings. The van der Waals surface area contributed by atoms with Gasteiger partial charge in [0.15, 0.2) is 0 Å². The van der Waals surface area contributed by atoms with Crippen LogP contribution in [0.15, 0.2) is 0 Å². The lowest BCUT2D eigenvalue weighted by Crippen LogP contribution is -2.80. The maximum absolute atomic E-state index is 6.98. The summed E-state index contributed by atoms with van der Waals surface area (Å²) in [7, 11) is 0. The van der Waals surface area contributed by atoms with Crippen molar-refractivity contribution in [1.29, 1.82) is 0 Å². The summed E-state index contributed by atoms with van der Waals surface area (Å²) in [4.78, 5) is 2.63. The summed E-state index contributed by atoms with van der Waals surface area (Å²) in [6.07, 6.45) is 6.52. The van der Waals surface area contributed by atoms with Crippen LogP contribution in [0, 0.1) is 11.3 Å². The van der Waals surface area contributed by atoms with E-state index < -0.39 is 0 Å². The highest BCUT2D eigenvalue weighted by atomic mass is 16.5. The molecule has 0 amide bonds. The molecule has 1 aliphatic carbocycles. The highest BCUT2D eigenvalue weighted by Crippen LogP contribution is 2.57. The van der Waals surface area contributed by atoms with Crippen LogP contribution in [0.3, 0.4) is 0 Å². The van der Waals surface area contributed by atoms with Crippen molar-refractivity contribution in [1.82, 2.24) is 4.90 Å². The predicted octanol–water partition coefficient (Wildman–Crippen LogP) is 3.42. The van der Waals surface area contributed by atoms with Crippen molar-refractivity contribution < 1.29 is 4.74 Å². The molecule has 4 unspecified atom stereocenters. The smallest absolute Gasteiger partial charge is 0.0690 e. The first-order valence-electron chi connectivity index (χ1n) is 9.03. The molecule has 1 saturated carbocycles. The van der Waals surface area contributed by atoms with Gasteiger partial charge in [-0.1, -0.05) is 34.1 Å². The fourth-order valence-electron chi connectivity index (χ4n) is 4.40. The largest absolute Gasteiger partial charge is 0.377 e. The Bertz CT molecular complexity index is 344. The number of ether oxygens (including phenoxy) is 1. The van der Waals surface area contributed by atoms with Crippen LogP contribution in [0.5, 0.6) is 0 Å². The van der Waals surface area contributed by atoms with Crippen molar-refractivity contribution >= 4 is 0 Å². The molecule has 2 rings (SSSR count). The summed E-state index contributed by atoms with van der Waals surface area (Å²) in [5.74, 6) is 0.550. The van der Waals surface area contributed by atoms with Crippen LogP contribution >= 0.6 is 0 Å². The van der Waals surface area contributed by atoms with E-state index in [9.17, 15) is 0 Å². The fraction of sp³-hybridized carbons (Fsp3) is 1.00. The van der Waals surface area contributed by atoms with Gasteiger partial charge in [0, 0.05) is 36.1 Å². The Morgan fingerprint density at radius 2 is 2.05 bits per heavy atom. The Balaban J connectivity index is 2.10. The fourth-order valence-corrected chi connectivity index (χ4v) is 4.40. The van der Waals surface area contributed by atoms with Gasteiger partial charge in [0.2, 0.25) is 0 Å². The molecule has 1 heterocycles. The van der Waals surface area contributed by atoms with Gasteiger partial charge in [0.1, 0.15) is 0 Å². The number of nitrogens with two attached hydrogens (primary N) is 1. The molecular weight excluding hydrogens is 260 g/mol. The first-order valence-corrected chi connectivity index (χ1v) is 9.03. The van der Waals surface area contributed by atoms with Crippen molar-refractivity contribution in [2.24, 2.45) is 17.1 Å². The van der Waals surface area contributed by atoms with Crippen LogP contribution in [0.4, 0.5) is 0 Å². The van der Waals surface area contributed by atoms with Crippen LogP contribution in [-0.4, -0.2) is 42.3 Å². The van der Waals surface area contributed by atoms with Crippen LogP contribution in [0.1, 0.15) is 66.7 Å². The number of hydrogen-bond donors (Lipinski definition) is 1. The van der Waals surface area contributed by atoms with Gasteiger partial charge in [-0.15, -0.1) is 0 Å². The first kappa shape index (κ1) is 17.2. The van der Waals surface area contributed by atoms with Gasteiger partial charge in [0.25, 0.3) is 0 Å². The molecule has 1 aliphatic heterocycles. The molecule has 0 radical (unpaired) electrons. The molecule has 0 aromatic carbocycles. The zero-order valence-electron chi connectivity index (χ0n) is 14.8. The van der Waals surface area contributed by atoms with Crippen LogP contribution in [-0.2, 0) is 4.74 Å². The SMILES string of the molecule is CCCCN(CC1(N)C2CCCOC2C1(C)C)C(C)CC. The Morgan fingerprint density at radius 1 is 1.33 bits per heavy atom. The van der Waals surface area contributed by atoms with E-state index in [1.807, 2.05) is 0 Å². The standard InChI is InChI=1S/C18H36N2O/c1-6-8-11-20(14(3)7-2)13-18(19)15-10-9-12-21-16(15)17(18,4)5/h14-16H,6-13,19H2,1-5H3. The molecule has 3 heteroatoms. The quantitative estimate of drug-likeness (QED) is 0.782. The minimum absolute atomic E-state index is 0.0880. The molecule has 1 saturated heterocycles. The predicted molar refractivity (Wildman–Crippen MR) is 89.4 cm³/mol. The Morgan fingerprint density at radius 3 is 2.67 bits per heavy atom. The van der Waals surface area contributed by atoms with Crippen LogP contribution < -0.4 is 5.73 Å². The third-order valence-corrected chi connectivity index (χ3v) is 6.37. The minimum Gasteiger partial charge on any atom is -0.377 e. The number of unbranched alkanes of at least 4 members (excludes halogenated alkanes) is 1. The number of hydrogen-bond acceptors (Lipinski definition) is 3. The molecular formula is C18H36N2O. The van der Waals surface area contributed by atoms with Gasteiger partial charge in [-0.25, -0.2) is 0 Å². The first-order chi connectivity index (χ1) is 9.88. The van der Waals surface area contributed by atoms with Gasteiger partial charge in [-0.3, -0.25) is 4.90 Å². The van der Waals surface area contributed by atoms with E-state index in [4.69, 9.17) is 10.5 Å².